The fourth-order valence-electron chi connectivity index (χ4n) is 2.98. The molecule has 0 saturated heterocycles. The SMILES string of the molecule is Cc1ccnc2nc(C3CCCC(C(F)(F)F)C3)[nH]c12. The number of hydrogen-bond acceptors (Lipinski definition) is 2. The summed E-state index contributed by atoms with van der Waals surface area (Å²) in [6.07, 6.45) is -0.718. The maximum Gasteiger partial charge on any atom is 0.391 e. The van der Waals surface area contributed by atoms with Gasteiger partial charge in [-0.05, 0) is 37.8 Å². The highest BCUT2D eigenvalue weighted by molar-refractivity contribution is 5.74. The van der Waals surface area contributed by atoms with Gasteiger partial charge in [-0.15, -0.1) is 0 Å². The number of aryl methyl sites for hydroxylation is 1. The first kappa shape index (κ1) is 13.4. The number of H-pyrrole nitrogens is 1. The maximum absolute atomic E-state index is 12.9. The second-order valence-electron chi connectivity index (χ2n) is 5.55. The Morgan fingerprint density at radius 3 is 2.80 bits per heavy atom. The van der Waals surface area contributed by atoms with Crippen molar-refractivity contribution in [2.45, 2.75) is 44.7 Å². The summed E-state index contributed by atoms with van der Waals surface area (Å²) in [5, 5.41) is 0. The third-order valence-corrected chi connectivity index (χ3v) is 4.14. The Hall–Kier alpha value is -1.59. The third-order valence-electron chi connectivity index (χ3n) is 4.14. The average Bonchev–Trinajstić information content (AvgIpc) is 2.83. The molecule has 1 aliphatic carbocycles. The summed E-state index contributed by atoms with van der Waals surface area (Å²) >= 11 is 0. The molecule has 0 radical (unpaired) electrons. The second-order valence-corrected chi connectivity index (χ2v) is 5.55. The van der Waals surface area contributed by atoms with Crippen molar-refractivity contribution in [2.24, 2.45) is 5.92 Å². The number of aromatic amines is 1. The largest absolute Gasteiger partial charge is 0.391 e. The fraction of sp³-hybridized carbons (Fsp3) is 0.571. The van der Waals surface area contributed by atoms with Crippen molar-refractivity contribution in [3.05, 3.63) is 23.7 Å². The van der Waals surface area contributed by atoms with Crippen LogP contribution < -0.4 is 0 Å². The van der Waals surface area contributed by atoms with E-state index in [4.69, 9.17) is 0 Å². The number of nitrogens with zero attached hydrogens (tertiary/aromatic N) is 2. The first-order valence-electron chi connectivity index (χ1n) is 6.83. The monoisotopic (exact) mass is 283 g/mol. The molecule has 0 bridgehead atoms. The van der Waals surface area contributed by atoms with Crippen LogP contribution in [0.4, 0.5) is 13.2 Å². The highest BCUT2D eigenvalue weighted by Gasteiger charge is 2.42. The molecule has 2 aromatic rings. The summed E-state index contributed by atoms with van der Waals surface area (Å²) in [7, 11) is 0. The van der Waals surface area contributed by atoms with Gasteiger partial charge in [-0.3, -0.25) is 0 Å². The van der Waals surface area contributed by atoms with Crippen molar-refractivity contribution in [1.82, 2.24) is 15.0 Å². The van der Waals surface area contributed by atoms with Gasteiger partial charge in [0.25, 0.3) is 0 Å². The van der Waals surface area contributed by atoms with Gasteiger partial charge >= 0.3 is 6.18 Å². The highest BCUT2D eigenvalue weighted by Crippen LogP contribution is 2.43. The van der Waals surface area contributed by atoms with E-state index in [0.717, 1.165) is 17.5 Å². The van der Waals surface area contributed by atoms with Gasteiger partial charge < -0.3 is 4.98 Å². The Morgan fingerprint density at radius 1 is 1.30 bits per heavy atom. The minimum absolute atomic E-state index is 0.127. The molecule has 0 aromatic carbocycles. The Morgan fingerprint density at radius 2 is 2.10 bits per heavy atom. The van der Waals surface area contributed by atoms with Crippen LogP contribution in [0.15, 0.2) is 12.3 Å². The van der Waals surface area contributed by atoms with E-state index in [0.29, 0.717) is 17.9 Å². The molecule has 2 atom stereocenters. The van der Waals surface area contributed by atoms with Gasteiger partial charge in [-0.25, -0.2) is 9.97 Å². The molecule has 3 nitrogen and oxygen atoms in total. The number of aromatic nitrogens is 3. The van der Waals surface area contributed by atoms with E-state index in [1.54, 1.807) is 6.20 Å². The average molecular weight is 283 g/mol. The van der Waals surface area contributed by atoms with Gasteiger partial charge in [-0.2, -0.15) is 13.2 Å². The van der Waals surface area contributed by atoms with Gasteiger partial charge in [0.05, 0.1) is 11.4 Å². The van der Waals surface area contributed by atoms with Crippen molar-refractivity contribution < 1.29 is 13.2 Å². The molecule has 0 amide bonds. The molecule has 108 valence electrons. The number of rotatable bonds is 1. The number of fused-ring (bicyclic) bond motifs is 1. The van der Waals surface area contributed by atoms with Crippen LogP contribution in [0, 0.1) is 12.8 Å². The van der Waals surface area contributed by atoms with Gasteiger partial charge in [0, 0.05) is 12.1 Å². The smallest absolute Gasteiger partial charge is 0.340 e. The summed E-state index contributed by atoms with van der Waals surface area (Å²) < 4.78 is 38.6. The summed E-state index contributed by atoms with van der Waals surface area (Å²) in [5.41, 5.74) is 2.43. The number of alkyl halides is 3. The molecule has 0 spiro atoms. The molecule has 1 aliphatic rings. The molecule has 3 rings (SSSR count). The Labute approximate surface area is 114 Å². The minimum atomic E-state index is -4.10. The van der Waals surface area contributed by atoms with E-state index in [9.17, 15) is 13.2 Å². The lowest BCUT2D eigenvalue weighted by Gasteiger charge is -2.29. The van der Waals surface area contributed by atoms with Crippen molar-refractivity contribution in [1.29, 1.82) is 0 Å². The summed E-state index contributed by atoms with van der Waals surface area (Å²) in [6.45, 7) is 1.94. The normalized spacial score (nSPS) is 24.2. The van der Waals surface area contributed by atoms with Crippen molar-refractivity contribution in [3.8, 4) is 0 Å². The lowest BCUT2D eigenvalue weighted by Crippen LogP contribution is -2.28. The molecule has 1 saturated carbocycles. The molecule has 0 aliphatic heterocycles. The summed E-state index contributed by atoms with van der Waals surface area (Å²) in [5.74, 6) is -0.705. The minimum Gasteiger partial charge on any atom is -0.340 e. The first-order valence-corrected chi connectivity index (χ1v) is 6.83. The van der Waals surface area contributed by atoms with Crippen LogP contribution in [0.3, 0.4) is 0 Å². The van der Waals surface area contributed by atoms with Crippen LogP contribution in [0.1, 0.15) is 43.0 Å². The Bertz CT molecular complexity index is 618. The van der Waals surface area contributed by atoms with Gasteiger partial charge in [-0.1, -0.05) is 6.42 Å². The Kier molecular flexibility index (Phi) is 3.18. The molecule has 2 unspecified atom stereocenters. The van der Waals surface area contributed by atoms with Crippen molar-refractivity contribution in [3.63, 3.8) is 0 Å². The van der Waals surface area contributed by atoms with E-state index in [-0.39, 0.29) is 18.8 Å². The fourth-order valence-corrected chi connectivity index (χ4v) is 2.98. The van der Waals surface area contributed by atoms with Crippen LogP contribution in [0.2, 0.25) is 0 Å². The third kappa shape index (κ3) is 2.39. The van der Waals surface area contributed by atoms with Crippen LogP contribution in [-0.2, 0) is 0 Å². The van der Waals surface area contributed by atoms with Gasteiger partial charge in [0.2, 0.25) is 0 Å². The van der Waals surface area contributed by atoms with E-state index in [2.05, 4.69) is 15.0 Å². The molecule has 20 heavy (non-hydrogen) atoms. The van der Waals surface area contributed by atoms with Crippen molar-refractivity contribution >= 4 is 11.2 Å². The zero-order valence-corrected chi connectivity index (χ0v) is 11.2. The van der Waals surface area contributed by atoms with E-state index in [1.165, 1.54) is 0 Å². The van der Waals surface area contributed by atoms with Crippen LogP contribution in [0.5, 0.6) is 0 Å². The second kappa shape index (κ2) is 4.75. The maximum atomic E-state index is 12.9. The number of pyridine rings is 1. The zero-order chi connectivity index (χ0) is 14.3. The standard InChI is InChI=1S/C14H16F3N3/c1-8-5-6-18-13-11(8)19-12(20-13)9-3-2-4-10(7-9)14(15,16)17/h5-6,9-10H,2-4,7H2,1H3,(H,18,19,20). The molecule has 2 aromatic heterocycles. The van der Waals surface area contributed by atoms with E-state index < -0.39 is 12.1 Å². The van der Waals surface area contributed by atoms with Gasteiger partial charge in [0.1, 0.15) is 5.82 Å². The van der Waals surface area contributed by atoms with E-state index >= 15 is 0 Å². The highest BCUT2D eigenvalue weighted by atomic mass is 19.4. The molecule has 2 heterocycles. The Balaban J connectivity index is 1.89. The molecule has 1 N–H and O–H groups in total. The lowest BCUT2D eigenvalue weighted by atomic mass is 9.80. The molecule has 6 heteroatoms. The van der Waals surface area contributed by atoms with Gasteiger partial charge in [0.15, 0.2) is 5.65 Å². The lowest BCUT2D eigenvalue weighted by molar-refractivity contribution is -0.183. The predicted molar refractivity (Wildman–Crippen MR) is 69.4 cm³/mol. The first-order chi connectivity index (χ1) is 9.45. The summed E-state index contributed by atoms with van der Waals surface area (Å²) in [6, 6.07) is 1.86. The zero-order valence-electron chi connectivity index (χ0n) is 11.2. The van der Waals surface area contributed by atoms with Crippen LogP contribution >= 0.6 is 0 Å². The number of imidazole rings is 1. The predicted octanol–water partition coefficient (Wildman–Crippen LogP) is 4.10. The topological polar surface area (TPSA) is 41.6 Å². The van der Waals surface area contributed by atoms with E-state index in [1.807, 2.05) is 13.0 Å². The molecule has 1 fully saturated rings. The quantitative estimate of drug-likeness (QED) is 0.856. The number of halogens is 3. The molecular formula is C14H16F3N3. The number of hydrogen-bond donors (Lipinski definition) is 1. The molecular weight excluding hydrogens is 267 g/mol. The van der Waals surface area contributed by atoms with Crippen LogP contribution in [0.25, 0.3) is 11.2 Å². The van der Waals surface area contributed by atoms with Crippen molar-refractivity contribution in [2.75, 3.05) is 0 Å². The number of nitrogens with one attached hydrogen (secondary N) is 1. The van der Waals surface area contributed by atoms with Crippen LogP contribution in [-0.4, -0.2) is 21.1 Å². The summed E-state index contributed by atoms with van der Waals surface area (Å²) in [4.78, 5) is 11.7.